The van der Waals surface area contributed by atoms with Crippen molar-refractivity contribution in [2.75, 3.05) is 12.4 Å². The van der Waals surface area contributed by atoms with Crippen LogP contribution in [-0.4, -0.2) is 12.0 Å². The van der Waals surface area contributed by atoms with Gasteiger partial charge in [-0.25, -0.2) is 4.39 Å². The lowest BCUT2D eigenvalue weighted by atomic mass is 10.2. The van der Waals surface area contributed by atoms with Gasteiger partial charge in [-0.05, 0) is 30.7 Å². The van der Waals surface area contributed by atoms with Crippen molar-refractivity contribution in [2.45, 2.75) is 6.92 Å². The average molecular weight is 276 g/mol. The molecule has 0 unspecified atom stereocenters. The summed E-state index contributed by atoms with van der Waals surface area (Å²) >= 11 is 0. The number of halogens is 1. The number of nitrogens with one attached hydrogen (secondary N) is 1. The number of hydrogen-bond donors (Lipinski definition) is 1. The number of benzene rings is 2. The molecule has 0 amide bonds. The van der Waals surface area contributed by atoms with Crippen LogP contribution in [0.3, 0.4) is 0 Å². The largest absolute Gasteiger partial charge is 0.447 e. The van der Waals surface area contributed by atoms with Crippen LogP contribution < -0.4 is 10.1 Å². The summed E-state index contributed by atoms with van der Waals surface area (Å²) in [5.74, 6) is -0.579. The van der Waals surface area contributed by atoms with Crippen LogP contribution in [0.25, 0.3) is 0 Å². The standard InChI is InChI=1S/C14H13FN2O3/c1-9-5-3-7-11(13(9)15)20-12-8-4-6-10(16-2)14(12)17(18)19/h3-8,16H,1-2H3. The Morgan fingerprint density at radius 2 is 1.85 bits per heavy atom. The van der Waals surface area contributed by atoms with Crippen LogP contribution in [0.15, 0.2) is 36.4 Å². The molecule has 20 heavy (non-hydrogen) atoms. The molecule has 1 N–H and O–H groups in total. The van der Waals surface area contributed by atoms with Crippen molar-refractivity contribution < 1.29 is 14.1 Å². The van der Waals surface area contributed by atoms with Crippen LogP contribution in [0, 0.1) is 22.9 Å². The fraction of sp³-hybridized carbons (Fsp3) is 0.143. The van der Waals surface area contributed by atoms with Crippen molar-refractivity contribution in [1.82, 2.24) is 0 Å². The molecule has 2 aromatic rings. The lowest BCUT2D eigenvalue weighted by Crippen LogP contribution is -2.00. The van der Waals surface area contributed by atoms with E-state index in [2.05, 4.69) is 5.32 Å². The van der Waals surface area contributed by atoms with Gasteiger partial charge in [0.05, 0.1) is 4.92 Å². The number of anilines is 1. The molecule has 0 saturated heterocycles. The molecular formula is C14H13FN2O3. The zero-order valence-electron chi connectivity index (χ0n) is 11.0. The topological polar surface area (TPSA) is 64.4 Å². The monoisotopic (exact) mass is 276 g/mol. The molecule has 0 heterocycles. The highest BCUT2D eigenvalue weighted by atomic mass is 19.1. The Balaban J connectivity index is 2.48. The maximum absolute atomic E-state index is 13.9. The van der Waals surface area contributed by atoms with Gasteiger partial charge in [0.1, 0.15) is 5.69 Å². The molecule has 0 radical (unpaired) electrons. The number of aryl methyl sites for hydroxylation is 1. The van der Waals surface area contributed by atoms with Crippen LogP contribution in [0.5, 0.6) is 11.5 Å². The first kappa shape index (κ1) is 13.8. The Bertz CT molecular complexity index is 659. The van der Waals surface area contributed by atoms with E-state index < -0.39 is 10.7 Å². The Morgan fingerprint density at radius 3 is 2.50 bits per heavy atom. The fourth-order valence-electron chi connectivity index (χ4n) is 1.81. The molecule has 0 spiro atoms. The minimum Gasteiger partial charge on any atom is -0.447 e. The van der Waals surface area contributed by atoms with Gasteiger partial charge in [0.2, 0.25) is 5.75 Å². The Hall–Kier alpha value is -2.63. The summed E-state index contributed by atoms with van der Waals surface area (Å²) in [6, 6.07) is 9.24. The number of ether oxygens (including phenoxy) is 1. The predicted octanol–water partition coefficient (Wildman–Crippen LogP) is 3.88. The van der Waals surface area contributed by atoms with Gasteiger partial charge in [0.25, 0.3) is 0 Å². The summed E-state index contributed by atoms with van der Waals surface area (Å²) in [5.41, 5.74) is 0.492. The second kappa shape index (κ2) is 5.56. The summed E-state index contributed by atoms with van der Waals surface area (Å²) in [6.07, 6.45) is 0. The molecular weight excluding hydrogens is 263 g/mol. The minimum atomic E-state index is -0.561. The molecule has 0 bridgehead atoms. The molecule has 0 fully saturated rings. The van der Waals surface area contributed by atoms with Gasteiger partial charge < -0.3 is 10.1 Å². The number of rotatable bonds is 4. The van der Waals surface area contributed by atoms with Crippen molar-refractivity contribution >= 4 is 11.4 Å². The van der Waals surface area contributed by atoms with E-state index in [0.29, 0.717) is 11.3 Å². The van der Waals surface area contributed by atoms with E-state index in [0.717, 1.165) is 0 Å². The summed E-state index contributed by atoms with van der Waals surface area (Å²) in [5, 5.41) is 13.8. The maximum atomic E-state index is 13.9. The highest BCUT2D eigenvalue weighted by Gasteiger charge is 2.21. The quantitative estimate of drug-likeness (QED) is 0.680. The van der Waals surface area contributed by atoms with Gasteiger partial charge in [-0.2, -0.15) is 0 Å². The molecule has 5 nitrogen and oxygen atoms in total. The van der Waals surface area contributed by atoms with Crippen molar-refractivity contribution in [3.05, 3.63) is 57.9 Å². The minimum absolute atomic E-state index is 0.00801. The summed E-state index contributed by atoms with van der Waals surface area (Å²) in [4.78, 5) is 10.6. The molecule has 104 valence electrons. The third-order valence-corrected chi connectivity index (χ3v) is 2.83. The van der Waals surface area contributed by atoms with Crippen molar-refractivity contribution in [1.29, 1.82) is 0 Å². The second-order valence-corrected chi connectivity index (χ2v) is 4.15. The van der Waals surface area contributed by atoms with Gasteiger partial charge >= 0.3 is 5.69 Å². The average Bonchev–Trinajstić information content (AvgIpc) is 2.43. The molecule has 0 aliphatic rings. The van der Waals surface area contributed by atoms with Gasteiger partial charge in [0, 0.05) is 7.05 Å². The lowest BCUT2D eigenvalue weighted by Gasteiger charge is -2.10. The predicted molar refractivity (Wildman–Crippen MR) is 73.9 cm³/mol. The fourth-order valence-corrected chi connectivity index (χ4v) is 1.81. The van der Waals surface area contributed by atoms with Crippen molar-refractivity contribution in [2.24, 2.45) is 0 Å². The SMILES string of the molecule is CNc1cccc(Oc2cccc(C)c2F)c1[N+](=O)[O-]. The van der Waals surface area contributed by atoms with Crippen LogP contribution in [-0.2, 0) is 0 Å². The number of nitrogens with zero attached hydrogens (tertiary/aromatic N) is 1. The highest BCUT2D eigenvalue weighted by molar-refractivity contribution is 5.68. The second-order valence-electron chi connectivity index (χ2n) is 4.15. The normalized spacial score (nSPS) is 10.2. The molecule has 0 saturated carbocycles. The number of hydrogen-bond acceptors (Lipinski definition) is 4. The van der Waals surface area contributed by atoms with E-state index in [9.17, 15) is 14.5 Å². The maximum Gasteiger partial charge on any atom is 0.334 e. The van der Waals surface area contributed by atoms with Gasteiger partial charge in [0.15, 0.2) is 11.6 Å². The number of nitro benzene ring substituents is 1. The number of nitro groups is 1. The Labute approximate surface area is 115 Å². The molecule has 2 rings (SSSR count). The van der Waals surface area contributed by atoms with E-state index in [1.807, 2.05) is 0 Å². The molecule has 0 aromatic heterocycles. The third-order valence-electron chi connectivity index (χ3n) is 2.83. The third kappa shape index (κ3) is 2.54. The lowest BCUT2D eigenvalue weighted by molar-refractivity contribution is -0.384. The van der Waals surface area contributed by atoms with E-state index in [1.54, 1.807) is 38.2 Å². The first-order valence-corrected chi connectivity index (χ1v) is 5.92. The molecule has 0 aliphatic carbocycles. The molecule has 0 aliphatic heterocycles. The van der Waals surface area contributed by atoms with Crippen molar-refractivity contribution in [3.63, 3.8) is 0 Å². The van der Waals surface area contributed by atoms with Crippen LogP contribution in [0.4, 0.5) is 15.8 Å². The molecule has 0 atom stereocenters. The first-order chi connectivity index (χ1) is 9.54. The molecule has 2 aromatic carbocycles. The van der Waals surface area contributed by atoms with Gasteiger partial charge in [-0.15, -0.1) is 0 Å². The van der Waals surface area contributed by atoms with E-state index in [4.69, 9.17) is 4.74 Å². The van der Waals surface area contributed by atoms with E-state index in [-0.39, 0.29) is 17.2 Å². The summed E-state index contributed by atoms with van der Waals surface area (Å²) < 4.78 is 19.3. The zero-order chi connectivity index (χ0) is 14.7. The molecule has 6 heteroatoms. The summed E-state index contributed by atoms with van der Waals surface area (Å²) in [7, 11) is 1.57. The van der Waals surface area contributed by atoms with Gasteiger partial charge in [-0.3, -0.25) is 10.1 Å². The van der Waals surface area contributed by atoms with Crippen LogP contribution in [0.1, 0.15) is 5.56 Å². The van der Waals surface area contributed by atoms with Crippen molar-refractivity contribution in [3.8, 4) is 11.5 Å². The summed E-state index contributed by atoms with van der Waals surface area (Å²) in [6.45, 7) is 1.60. The van der Waals surface area contributed by atoms with Gasteiger partial charge in [-0.1, -0.05) is 18.2 Å². The highest BCUT2D eigenvalue weighted by Crippen LogP contribution is 2.38. The Morgan fingerprint density at radius 1 is 1.20 bits per heavy atom. The first-order valence-electron chi connectivity index (χ1n) is 5.92. The Kier molecular flexibility index (Phi) is 3.84. The zero-order valence-corrected chi connectivity index (χ0v) is 11.0. The number of para-hydroxylation sites is 1. The van der Waals surface area contributed by atoms with E-state index >= 15 is 0 Å². The van der Waals surface area contributed by atoms with Crippen LogP contribution >= 0.6 is 0 Å². The van der Waals surface area contributed by atoms with Crippen LogP contribution in [0.2, 0.25) is 0 Å². The van der Waals surface area contributed by atoms with E-state index in [1.165, 1.54) is 12.1 Å². The smallest absolute Gasteiger partial charge is 0.334 e.